The van der Waals surface area contributed by atoms with Crippen LogP contribution in [0, 0.1) is 11.3 Å². The van der Waals surface area contributed by atoms with Gasteiger partial charge in [-0.2, -0.15) is 10.4 Å². The van der Waals surface area contributed by atoms with Gasteiger partial charge in [0.2, 0.25) is 0 Å². The Bertz CT molecular complexity index is 378. The van der Waals surface area contributed by atoms with Crippen LogP contribution >= 0.6 is 0 Å². The summed E-state index contributed by atoms with van der Waals surface area (Å²) in [6, 6.07) is 2.09. The Labute approximate surface area is 97.1 Å². The van der Waals surface area contributed by atoms with E-state index in [4.69, 9.17) is 11.0 Å². The van der Waals surface area contributed by atoms with E-state index in [1.165, 1.54) is 0 Å². The molecule has 1 aromatic heterocycles. The molecule has 0 fully saturated rings. The van der Waals surface area contributed by atoms with Crippen LogP contribution in [-0.4, -0.2) is 9.78 Å². The van der Waals surface area contributed by atoms with Gasteiger partial charge in [0.15, 0.2) is 0 Å². The molecule has 1 heterocycles. The molecular formula is C12H20N4. The largest absolute Gasteiger partial charge is 0.321 e. The Morgan fingerprint density at radius 3 is 2.25 bits per heavy atom. The number of rotatable bonds is 2. The van der Waals surface area contributed by atoms with Crippen molar-refractivity contribution in [2.24, 2.45) is 5.73 Å². The fourth-order valence-corrected chi connectivity index (χ4v) is 1.60. The summed E-state index contributed by atoms with van der Waals surface area (Å²) in [4.78, 5) is 0. The molecule has 0 radical (unpaired) electrons. The van der Waals surface area contributed by atoms with Gasteiger partial charge in [-0.05, 0) is 19.3 Å². The van der Waals surface area contributed by atoms with Gasteiger partial charge in [0.05, 0.1) is 17.3 Å². The smallest absolute Gasteiger partial charge is 0.128 e. The second kappa shape index (κ2) is 3.91. The van der Waals surface area contributed by atoms with Gasteiger partial charge < -0.3 is 5.73 Å². The van der Waals surface area contributed by atoms with E-state index in [-0.39, 0.29) is 12.0 Å². The standard InChI is InChI=1S/C12H20N4/c1-11(2,3)9-8-16(7-6-13)15-10(9)12(4,5)14/h8H,7,14H2,1-5H3. The molecule has 1 aromatic rings. The van der Waals surface area contributed by atoms with E-state index in [1.54, 1.807) is 4.68 Å². The van der Waals surface area contributed by atoms with Gasteiger partial charge in [-0.25, -0.2) is 0 Å². The first-order valence-electron chi connectivity index (χ1n) is 5.40. The minimum absolute atomic E-state index is 0.0142. The number of aromatic nitrogens is 2. The molecule has 0 aliphatic rings. The van der Waals surface area contributed by atoms with E-state index < -0.39 is 5.54 Å². The molecule has 0 aromatic carbocycles. The third kappa shape index (κ3) is 2.61. The van der Waals surface area contributed by atoms with Gasteiger partial charge in [0, 0.05) is 11.8 Å². The normalized spacial score (nSPS) is 12.6. The number of nitrogens with two attached hydrogens (primary N) is 1. The Kier molecular flexibility index (Phi) is 3.11. The minimum atomic E-state index is -0.483. The van der Waals surface area contributed by atoms with Crippen LogP contribution in [0.5, 0.6) is 0 Å². The maximum Gasteiger partial charge on any atom is 0.128 e. The predicted molar refractivity (Wildman–Crippen MR) is 63.8 cm³/mol. The second-order valence-corrected chi connectivity index (χ2v) is 5.72. The molecule has 0 bridgehead atoms. The number of nitrogens with zero attached hydrogens (tertiary/aromatic N) is 3. The van der Waals surface area contributed by atoms with E-state index >= 15 is 0 Å². The molecule has 16 heavy (non-hydrogen) atoms. The van der Waals surface area contributed by atoms with Gasteiger partial charge in [0.1, 0.15) is 6.54 Å². The summed E-state index contributed by atoms with van der Waals surface area (Å²) in [6.45, 7) is 10.5. The van der Waals surface area contributed by atoms with Crippen molar-refractivity contribution in [3.05, 3.63) is 17.5 Å². The molecule has 88 valence electrons. The number of hydrogen-bond acceptors (Lipinski definition) is 3. The zero-order chi connectivity index (χ0) is 12.6. The van der Waals surface area contributed by atoms with Gasteiger partial charge in [0.25, 0.3) is 0 Å². The highest BCUT2D eigenvalue weighted by Gasteiger charge is 2.29. The summed E-state index contributed by atoms with van der Waals surface area (Å²) in [5.41, 5.74) is 7.59. The van der Waals surface area contributed by atoms with Gasteiger partial charge in [-0.15, -0.1) is 0 Å². The monoisotopic (exact) mass is 220 g/mol. The van der Waals surface area contributed by atoms with Crippen molar-refractivity contribution in [3.8, 4) is 6.07 Å². The highest BCUT2D eigenvalue weighted by molar-refractivity contribution is 5.30. The van der Waals surface area contributed by atoms with Crippen molar-refractivity contribution in [2.75, 3.05) is 0 Å². The first-order valence-corrected chi connectivity index (χ1v) is 5.40. The van der Waals surface area contributed by atoms with Crippen LogP contribution in [0.4, 0.5) is 0 Å². The average molecular weight is 220 g/mol. The van der Waals surface area contributed by atoms with Crippen molar-refractivity contribution in [2.45, 2.75) is 52.1 Å². The Morgan fingerprint density at radius 1 is 1.38 bits per heavy atom. The van der Waals surface area contributed by atoms with Crippen LogP contribution in [0.1, 0.15) is 45.9 Å². The third-order valence-electron chi connectivity index (χ3n) is 2.41. The van der Waals surface area contributed by atoms with E-state index in [2.05, 4.69) is 31.9 Å². The molecule has 2 N–H and O–H groups in total. The lowest BCUT2D eigenvalue weighted by Crippen LogP contribution is -2.32. The lowest BCUT2D eigenvalue weighted by atomic mass is 9.83. The fourth-order valence-electron chi connectivity index (χ4n) is 1.60. The van der Waals surface area contributed by atoms with Crippen molar-refractivity contribution in [1.82, 2.24) is 9.78 Å². The Morgan fingerprint density at radius 2 is 1.94 bits per heavy atom. The van der Waals surface area contributed by atoms with Crippen LogP contribution in [0.15, 0.2) is 6.20 Å². The first kappa shape index (κ1) is 12.7. The van der Waals surface area contributed by atoms with Crippen molar-refractivity contribution < 1.29 is 0 Å². The van der Waals surface area contributed by atoms with Crippen molar-refractivity contribution in [1.29, 1.82) is 5.26 Å². The summed E-state index contributed by atoms with van der Waals surface area (Å²) >= 11 is 0. The summed E-state index contributed by atoms with van der Waals surface area (Å²) in [5.74, 6) is 0. The van der Waals surface area contributed by atoms with Crippen molar-refractivity contribution in [3.63, 3.8) is 0 Å². The van der Waals surface area contributed by atoms with E-state index in [0.29, 0.717) is 0 Å². The highest BCUT2D eigenvalue weighted by atomic mass is 15.3. The molecule has 1 rings (SSSR count). The molecule has 0 aliphatic heterocycles. The molecule has 0 atom stereocenters. The zero-order valence-electron chi connectivity index (χ0n) is 10.7. The molecule has 0 saturated heterocycles. The van der Waals surface area contributed by atoms with Crippen LogP contribution < -0.4 is 5.73 Å². The summed E-state index contributed by atoms with van der Waals surface area (Å²) < 4.78 is 1.66. The number of nitriles is 1. The molecule has 0 spiro atoms. The molecule has 4 heteroatoms. The van der Waals surface area contributed by atoms with E-state index in [9.17, 15) is 0 Å². The lowest BCUT2D eigenvalue weighted by Gasteiger charge is -2.24. The minimum Gasteiger partial charge on any atom is -0.321 e. The summed E-state index contributed by atoms with van der Waals surface area (Å²) in [5, 5.41) is 13.1. The van der Waals surface area contributed by atoms with Gasteiger partial charge >= 0.3 is 0 Å². The second-order valence-electron chi connectivity index (χ2n) is 5.72. The average Bonchev–Trinajstić information content (AvgIpc) is 2.47. The maximum absolute atomic E-state index is 8.68. The van der Waals surface area contributed by atoms with Gasteiger partial charge in [-0.1, -0.05) is 20.8 Å². The van der Waals surface area contributed by atoms with Crippen LogP contribution in [0.25, 0.3) is 0 Å². The number of hydrogen-bond donors (Lipinski definition) is 1. The third-order valence-corrected chi connectivity index (χ3v) is 2.41. The topological polar surface area (TPSA) is 67.6 Å². The molecule has 0 saturated carbocycles. The quantitative estimate of drug-likeness (QED) is 0.827. The molecule has 0 amide bonds. The molecule has 4 nitrogen and oxygen atoms in total. The fraction of sp³-hybridized carbons (Fsp3) is 0.667. The summed E-state index contributed by atoms with van der Waals surface area (Å²) in [7, 11) is 0. The van der Waals surface area contributed by atoms with E-state index in [0.717, 1.165) is 11.3 Å². The lowest BCUT2D eigenvalue weighted by molar-refractivity contribution is 0.494. The van der Waals surface area contributed by atoms with Gasteiger partial charge in [-0.3, -0.25) is 4.68 Å². The summed E-state index contributed by atoms with van der Waals surface area (Å²) in [6.07, 6.45) is 1.92. The van der Waals surface area contributed by atoms with Crippen LogP contribution in [0.2, 0.25) is 0 Å². The maximum atomic E-state index is 8.68. The van der Waals surface area contributed by atoms with Crippen LogP contribution in [-0.2, 0) is 17.5 Å². The molecule has 0 unspecified atom stereocenters. The zero-order valence-corrected chi connectivity index (χ0v) is 10.7. The molecular weight excluding hydrogens is 200 g/mol. The predicted octanol–water partition coefficient (Wildman–Crippen LogP) is 1.90. The molecule has 0 aliphatic carbocycles. The Hall–Kier alpha value is -1.34. The SMILES string of the molecule is CC(C)(C)c1cn(CC#N)nc1C(C)(C)N. The Balaban J connectivity index is 3.31. The highest BCUT2D eigenvalue weighted by Crippen LogP contribution is 2.30. The van der Waals surface area contributed by atoms with Crippen LogP contribution in [0.3, 0.4) is 0 Å². The first-order chi connectivity index (χ1) is 7.16. The van der Waals surface area contributed by atoms with E-state index in [1.807, 2.05) is 20.0 Å². The van der Waals surface area contributed by atoms with Crippen molar-refractivity contribution >= 4 is 0 Å².